The van der Waals surface area contributed by atoms with Gasteiger partial charge in [-0.15, -0.1) is 10.2 Å². The van der Waals surface area contributed by atoms with Crippen LogP contribution in [0.3, 0.4) is 0 Å². The molecule has 0 bridgehead atoms. The second-order valence-corrected chi connectivity index (χ2v) is 6.88. The first-order valence-electron chi connectivity index (χ1n) is 7.68. The second kappa shape index (κ2) is 6.68. The highest BCUT2D eigenvalue weighted by Gasteiger charge is 2.28. The minimum Gasteiger partial charge on any atom is -0.342 e. The van der Waals surface area contributed by atoms with Crippen LogP contribution in [0.25, 0.3) is 0 Å². The summed E-state index contributed by atoms with van der Waals surface area (Å²) in [7, 11) is 1.94. The van der Waals surface area contributed by atoms with Crippen molar-refractivity contribution in [3.63, 3.8) is 0 Å². The molecule has 1 aromatic rings. The number of aryl methyl sites for hydroxylation is 1. The predicted octanol–water partition coefficient (Wildman–Crippen LogP) is 1.08. The summed E-state index contributed by atoms with van der Waals surface area (Å²) >= 11 is 1.34. The highest BCUT2D eigenvalue weighted by atomic mass is 32.2. The highest BCUT2D eigenvalue weighted by Crippen LogP contribution is 2.25. The molecule has 0 saturated carbocycles. The first-order chi connectivity index (χ1) is 10.6. The van der Waals surface area contributed by atoms with Crippen molar-refractivity contribution in [3.8, 4) is 0 Å². The average Bonchev–Trinajstić information content (AvgIpc) is 3.13. The van der Waals surface area contributed by atoms with E-state index in [2.05, 4.69) is 10.2 Å². The van der Waals surface area contributed by atoms with Crippen molar-refractivity contribution >= 4 is 22.9 Å². The number of rotatable bonds is 4. The topological polar surface area (TPSA) is 71.3 Å². The van der Waals surface area contributed by atoms with Gasteiger partial charge in [-0.3, -0.25) is 9.59 Å². The molecule has 0 aliphatic carbocycles. The lowest BCUT2D eigenvalue weighted by atomic mass is 9.97. The van der Waals surface area contributed by atoms with Crippen LogP contribution in [0, 0.1) is 0 Å². The second-order valence-electron chi connectivity index (χ2n) is 5.83. The maximum Gasteiger partial charge on any atom is 0.281 e. The van der Waals surface area contributed by atoms with Crippen molar-refractivity contribution in [2.24, 2.45) is 7.05 Å². The molecule has 22 heavy (non-hydrogen) atoms. The van der Waals surface area contributed by atoms with E-state index < -0.39 is 0 Å². The van der Waals surface area contributed by atoms with Gasteiger partial charge in [0.15, 0.2) is 0 Å². The number of carbonyl (C=O) groups excluding carboxylic acids is 2. The Labute approximate surface area is 134 Å². The number of amides is 2. The smallest absolute Gasteiger partial charge is 0.281 e. The Morgan fingerprint density at radius 2 is 2.32 bits per heavy atom. The van der Waals surface area contributed by atoms with Crippen LogP contribution in [0.2, 0.25) is 0 Å². The van der Waals surface area contributed by atoms with Gasteiger partial charge in [0, 0.05) is 51.3 Å². The maximum absolute atomic E-state index is 12.4. The molecular weight excluding hydrogens is 302 g/mol. The maximum atomic E-state index is 12.4. The number of piperidine rings is 1. The molecule has 1 aromatic heterocycles. The van der Waals surface area contributed by atoms with Gasteiger partial charge >= 0.3 is 0 Å². The number of hydrogen-bond donors (Lipinski definition) is 0. The molecule has 2 fully saturated rings. The van der Waals surface area contributed by atoms with Crippen LogP contribution in [0.5, 0.6) is 0 Å². The molecule has 2 aliphatic heterocycles. The normalized spacial score (nSPS) is 22.4. The van der Waals surface area contributed by atoms with Crippen molar-refractivity contribution < 1.29 is 9.59 Å². The molecule has 0 spiro atoms. The van der Waals surface area contributed by atoms with Crippen molar-refractivity contribution in [1.29, 1.82) is 0 Å². The van der Waals surface area contributed by atoms with Crippen LogP contribution in [0.1, 0.15) is 31.0 Å². The zero-order valence-electron chi connectivity index (χ0n) is 12.8. The average molecular weight is 323 g/mol. The lowest BCUT2D eigenvalue weighted by Gasteiger charge is -2.32. The lowest BCUT2D eigenvalue weighted by Crippen LogP contribution is -2.41. The summed E-state index contributed by atoms with van der Waals surface area (Å²) in [5.41, 5.74) is 0. The molecular formula is C14H21N5O2S. The van der Waals surface area contributed by atoms with Crippen LogP contribution in [-0.2, 0) is 11.8 Å². The molecule has 0 radical (unpaired) electrons. The van der Waals surface area contributed by atoms with Crippen LogP contribution >= 0.6 is 11.8 Å². The van der Waals surface area contributed by atoms with E-state index in [1.807, 2.05) is 16.5 Å². The summed E-state index contributed by atoms with van der Waals surface area (Å²) in [6.45, 7) is 2.80. The fourth-order valence-electron chi connectivity index (χ4n) is 3.09. The molecule has 0 unspecified atom stereocenters. The zero-order valence-corrected chi connectivity index (χ0v) is 13.6. The molecule has 2 saturated heterocycles. The monoisotopic (exact) mass is 323 g/mol. The van der Waals surface area contributed by atoms with Gasteiger partial charge in [0.2, 0.25) is 5.91 Å². The summed E-state index contributed by atoms with van der Waals surface area (Å²) < 4.78 is 1.93. The Balaban J connectivity index is 1.54. The van der Waals surface area contributed by atoms with E-state index in [1.165, 1.54) is 11.8 Å². The van der Waals surface area contributed by atoms with Crippen molar-refractivity contribution in [1.82, 2.24) is 24.6 Å². The van der Waals surface area contributed by atoms with E-state index in [-0.39, 0.29) is 17.1 Å². The molecule has 3 rings (SSSR count). The number of nitrogens with zero attached hydrogens (tertiary/aromatic N) is 5. The molecule has 8 heteroatoms. The van der Waals surface area contributed by atoms with Crippen LogP contribution in [-0.4, -0.2) is 67.6 Å². The number of likely N-dealkylation sites (tertiary alicyclic amines) is 1. The van der Waals surface area contributed by atoms with Crippen molar-refractivity contribution in [2.75, 3.05) is 31.9 Å². The third-order valence-corrected chi connectivity index (χ3v) is 5.22. The van der Waals surface area contributed by atoms with Gasteiger partial charge in [-0.2, -0.15) is 0 Å². The first-order valence-corrected chi connectivity index (χ1v) is 8.67. The fraction of sp³-hybridized carbons (Fsp3) is 0.714. The minimum absolute atomic E-state index is 0.100. The standard InChI is InChI=1S/C14H21N5O2S/c1-17-10-15-16-13(17)11-3-2-5-19(9-11)12(20)4-6-18-7-8-22-14(18)21/h10-11H,2-9H2,1H3/t11-/m0/s1. The lowest BCUT2D eigenvalue weighted by molar-refractivity contribution is -0.132. The molecule has 1 atom stereocenters. The first kappa shape index (κ1) is 15.3. The van der Waals surface area contributed by atoms with E-state index in [4.69, 9.17) is 0 Å². The number of carbonyl (C=O) groups is 2. The number of thioether (sulfide) groups is 1. The summed E-state index contributed by atoms with van der Waals surface area (Å²) in [5, 5.41) is 8.20. The SMILES string of the molecule is Cn1cnnc1[C@H]1CCCN(C(=O)CCN2CCSC2=O)C1. The Morgan fingerprint density at radius 3 is 3.00 bits per heavy atom. The van der Waals surface area contributed by atoms with Gasteiger partial charge in [0.05, 0.1) is 0 Å². The Hall–Kier alpha value is -1.57. The molecule has 7 nitrogen and oxygen atoms in total. The van der Waals surface area contributed by atoms with Gasteiger partial charge in [0.25, 0.3) is 5.24 Å². The van der Waals surface area contributed by atoms with Crippen molar-refractivity contribution in [2.45, 2.75) is 25.2 Å². The van der Waals surface area contributed by atoms with Crippen molar-refractivity contribution in [3.05, 3.63) is 12.2 Å². The van der Waals surface area contributed by atoms with E-state index in [1.54, 1.807) is 11.2 Å². The molecule has 120 valence electrons. The molecule has 0 aromatic carbocycles. The molecule has 2 amide bonds. The van der Waals surface area contributed by atoms with Crippen LogP contribution < -0.4 is 0 Å². The van der Waals surface area contributed by atoms with Crippen LogP contribution in [0.15, 0.2) is 6.33 Å². The molecule has 2 aliphatic rings. The Kier molecular flexibility index (Phi) is 4.66. The summed E-state index contributed by atoms with van der Waals surface area (Å²) in [6.07, 6.45) is 4.14. The summed E-state index contributed by atoms with van der Waals surface area (Å²) in [6, 6.07) is 0. The van der Waals surface area contributed by atoms with Gasteiger partial charge in [-0.05, 0) is 12.8 Å². The predicted molar refractivity (Wildman–Crippen MR) is 83.6 cm³/mol. The molecule has 3 heterocycles. The van der Waals surface area contributed by atoms with Gasteiger partial charge < -0.3 is 14.4 Å². The number of aromatic nitrogens is 3. The van der Waals surface area contributed by atoms with E-state index in [0.717, 1.165) is 37.5 Å². The van der Waals surface area contributed by atoms with Crippen LogP contribution in [0.4, 0.5) is 4.79 Å². The highest BCUT2D eigenvalue weighted by molar-refractivity contribution is 8.13. The summed E-state index contributed by atoms with van der Waals surface area (Å²) in [4.78, 5) is 27.6. The minimum atomic E-state index is 0.100. The molecule has 0 N–H and O–H groups in total. The zero-order chi connectivity index (χ0) is 15.5. The van der Waals surface area contributed by atoms with E-state index in [0.29, 0.717) is 19.5 Å². The van der Waals surface area contributed by atoms with E-state index in [9.17, 15) is 9.59 Å². The largest absolute Gasteiger partial charge is 0.342 e. The third-order valence-electron chi connectivity index (χ3n) is 4.33. The van der Waals surface area contributed by atoms with Gasteiger partial charge in [-0.25, -0.2) is 0 Å². The Morgan fingerprint density at radius 1 is 1.45 bits per heavy atom. The van der Waals surface area contributed by atoms with Gasteiger partial charge in [0.1, 0.15) is 12.2 Å². The summed E-state index contributed by atoms with van der Waals surface area (Å²) in [5.74, 6) is 2.18. The Bertz CT molecular complexity index is 561. The fourth-order valence-corrected chi connectivity index (χ4v) is 3.95. The van der Waals surface area contributed by atoms with Gasteiger partial charge in [-0.1, -0.05) is 11.8 Å². The number of hydrogen-bond acceptors (Lipinski definition) is 5. The van der Waals surface area contributed by atoms with E-state index >= 15 is 0 Å². The quantitative estimate of drug-likeness (QED) is 0.829. The third kappa shape index (κ3) is 3.26.